The second-order valence-corrected chi connectivity index (χ2v) is 5.55. The van der Waals surface area contributed by atoms with Crippen molar-refractivity contribution < 1.29 is 19.4 Å². The van der Waals surface area contributed by atoms with Crippen LogP contribution >= 0.6 is 0 Å². The normalized spacial score (nSPS) is 26.3. The first-order valence-corrected chi connectivity index (χ1v) is 6.84. The van der Waals surface area contributed by atoms with Crippen LogP contribution in [0.4, 0.5) is 0 Å². The van der Waals surface area contributed by atoms with Crippen molar-refractivity contribution in [2.75, 3.05) is 19.8 Å². The van der Waals surface area contributed by atoms with Gasteiger partial charge in [-0.25, -0.2) is 0 Å². The molecule has 0 bridgehead atoms. The predicted octanol–water partition coefficient (Wildman–Crippen LogP) is 0.335. The van der Waals surface area contributed by atoms with E-state index >= 15 is 0 Å². The Balaban J connectivity index is 2.03. The van der Waals surface area contributed by atoms with Gasteiger partial charge in [0, 0.05) is 12.6 Å². The molecule has 1 aliphatic heterocycles. The Morgan fingerprint density at radius 2 is 2.14 bits per heavy atom. The van der Waals surface area contributed by atoms with E-state index in [1.807, 2.05) is 6.07 Å². The number of rotatable bonds is 5. The highest BCUT2D eigenvalue weighted by Gasteiger charge is 2.44. The number of amides is 1. The van der Waals surface area contributed by atoms with Crippen molar-refractivity contribution in [1.29, 1.82) is 0 Å². The number of ether oxygens (including phenoxy) is 1. The summed E-state index contributed by atoms with van der Waals surface area (Å²) in [7, 11) is 0. The minimum absolute atomic E-state index is 0.0283. The zero-order chi connectivity index (χ0) is 15.5. The molecule has 3 unspecified atom stereocenters. The second kappa shape index (κ2) is 6.24. The molecule has 1 amide bonds. The van der Waals surface area contributed by atoms with Crippen molar-refractivity contribution >= 4 is 11.9 Å². The van der Waals surface area contributed by atoms with Crippen LogP contribution in [0.25, 0.3) is 0 Å². The Kier molecular flexibility index (Phi) is 4.59. The maximum atomic E-state index is 12.3. The summed E-state index contributed by atoms with van der Waals surface area (Å²) in [5.74, 6) is -2.02. The number of carbonyl (C=O) groups is 2. The van der Waals surface area contributed by atoms with Gasteiger partial charge < -0.3 is 20.9 Å². The number of aliphatic carboxylic acids is 1. The zero-order valence-corrected chi connectivity index (χ0v) is 11.9. The lowest BCUT2D eigenvalue weighted by Crippen LogP contribution is -2.50. The fourth-order valence-electron chi connectivity index (χ4n) is 2.35. The standard InChI is InChI=1S/C15H20N2O4/c1-15(9-21-8-12(15)16)14(20)17-7-11(13(18)19)10-5-3-2-4-6-10/h2-6,11-12H,7-9,16H2,1H3,(H,17,20)(H,18,19). The van der Waals surface area contributed by atoms with Gasteiger partial charge in [0.05, 0.1) is 24.5 Å². The molecule has 3 atom stereocenters. The van der Waals surface area contributed by atoms with Crippen LogP contribution in [0.15, 0.2) is 30.3 Å². The largest absolute Gasteiger partial charge is 0.481 e. The smallest absolute Gasteiger partial charge is 0.312 e. The van der Waals surface area contributed by atoms with Crippen molar-refractivity contribution in [3.8, 4) is 0 Å². The highest BCUT2D eigenvalue weighted by molar-refractivity contribution is 5.85. The Morgan fingerprint density at radius 3 is 2.67 bits per heavy atom. The average molecular weight is 292 g/mol. The van der Waals surface area contributed by atoms with Gasteiger partial charge in [0.25, 0.3) is 0 Å². The van der Waals surface area contributed by atoms with Crippen molar-refractivity contribution in [2.45, 2.75) is 18.9 Å². The van der Waals surface area contributed by atoms with E-state index in [9.17, 15) is 14.7 Å². The molecule has 0 spiro atoms. The minimum Gasteiger partial charge on any atom is -0.481 e. The molecule has 1 aromatic carbocycles. The van der Waals surface area contributed by atoms with E-state index in [2.05, 4.69) is 5.32 Å². The number of hydrogen-bond donors (Lipinski definition) is 3. The van der Waals surface area contributed by atoms with Crippen molar-refractivity contribution in [3.05, 3.63) is 35.9 Å². The summed E-state index contributed by atoms with van der Waals surface area (Å²) in [6.07, 6.45) is 0. The molecule has 6 heteroatoms. The number of carbonyl (C=O) groups excluding carboxylic acids is 1. The van der Waals surface area contributed by atoms with E-state index in [-0.39, 0.29) is 25.1 Å². The Bertz CT molecular complexity index is 520. The number of carboxylic acid groups (broad SMARTS) is 1. The molecular formula is C15H20N2O4. The molecular weight excluding hydrogens is 272 g/mol. The SMILES string of the molecule is CC1(C(=O)NCC(C(=O)O)c2ccccc2)COCC1N. The van der Waals surface area contributed by atoms with Crippen LogP contribution in [-0.2, 0) is 14.3 Å². The molecule has 6 nitrogen and oxygen atoms in total. The molecule has 4 N–H and O–H groups in total. The molecule has 0 saturated carbocycles. The molecule has 2 rings (SSSR count). The lowest BCUT2D eigenvalue weighted by Gasteiger charge is -2.26. The number of benzene rings is 1. The minimum atomic E-state index is -0.973. The van der Waals surface area contributed by atoms with Gasteiger partial charge in [0.15, 0.2) is 0 Å². The fraction of sp³-hybridized carbons (Fsp3) is 0.467. The Hall–Kier alpha value is -1.92. The number of hydrogen-bond acceptors (Lipinski definition) is 4. The maximum Gasteiger partial charge on any atom is 0.312 e. The van der Waals surface area contributed by atoms with Gasteiger partial charge in [-0.3, -0.25) is 9.59 Å². The quantitative estimate of drug-likeness (QED) is 0.726. The van der Waals surface area contributed by atoms with Crippen LogP contribution in [-0.4, -0.2) is 42.8 Å². The monoisotopic (exact) mass is 292 g/mol. The highest BCUT2D eigenvalue weighted by atomic mass is 16.5. The van der Waals surface area contributed by atoms with E-state index in [0.717, 1.165) is 0 Å². The molecule has 0 aromatic heterocycles. The van der Waals surface area contributed by atoms with Gasteiger partial charge in [-0.15, -0.1) is 0 Å². The third kappa shape index (κ3) is 3.22. The number of carboxylic acids is 1. The van der Waals surface area contributed by atoms with Crippen LogP contribution in [0, 0.1) is 5.41 Å². The summed E-state index contributed by atoms with van der Waals surface area (Å²) in [5.41, 5.74) is 5.74. The van der Waals surface area contributed by atoms with E-state index in [1.165, 1.54) is 0 Å². The average Bonchev–Trinajstić information content (AvgIpc) is 2.81. The number of nitrogens with two attached hydrogens (primary N) is 1. The van der Waals surface area contributed by atoms with Crippen LogP contribution in [0.3, 0.4) is 0 Å². The van der Waals surface area contributed by atoms with Crippen molar-refractivity contribution in [2.24, 2.45) is 11.1 Å². The summed E-state index contributed by atoms with van der Waals surface area (Å²) in [6, 6.07) is 8.45. The Labute approximate surface area is 123 Å². The molecule has 1 aromatic rings. The molecule has 21 heavy (non-hydrogen) atoms. The lowest BCUT2D eigenvalue weighted by molar-refractivity contribution is -0.139. The van der Waals surface area contributed by atoms with Gasteiger partial charge in [-0.2, -0.15) is 0 Å². The van der Waals surface area contributed by atoms with Crippen LogP contribution in [0.5, 0.6) is 0 Å². The van der Waals surface area contributed by atoms with E-state index in [4.69, 9.17) is 10.5 Å². The first-order valence-electron chi connectivity index (χ1n) is 6.84. The fourth-order valence-corrected chi connectivity index (χ4v) is 2.35. The maximum absolute atomic E-state index is 12.3. The molecule has 1 heterocycles. The third-order valence-corrected chi connectivity index (χ3v) is 4.00. The predicted molar refractivity (Wildman–Crippen MR) is 76.7 cm³/mol. The zero-order valence-electron chi connectivity index (χ0n) is 11.9. The molecule has 1 fully saturated rings. The van der Waals surface area contributed by atoms with Crippen LogP contribution < -0.4 is 11.1 Å². The van der Waals surface area contributed by atoms with Crippen molar-refractivity contribution in [1.82, 2.24) is 5.32 Å². The summed E-state index contributed by atoms with van der Waals surface area (Å²) in [6.45, 7) is 2.35. The van der Waals surface area contributed by atoms with Crippen molar-refractivity contribution in [3.63, 3.8) is 0 Å². The highest BCUT2D eigenvalue weighted by Crippen LogP contribution is 2.27. The summed E-state index contributed by atoms with van der Waals surface area (Å²) in [5, 5.41) is 12.0. The first-order chi connectivity index (χ1) is 9.95. The number of nitrogens with one attached hydrogen (secondary N) is 1. The van der Waals surface area contributed by atoms with Crippen LogP contribution in [0.1, 0.15) is 18.4 Å². The summed E-state index contributed by atoms with van der Waals surface area (Å²) < 4.78 is 5.23. The van der Waals surface area contributed by atoms with E-state index in [1.54, 1.807) is 31.2 Å². The third-order valence-electron chi connectivity index (χ3n) is 4.00. The molecule has 114 valence electrons. The summed E-state index contributed by atoms with van der Waals surface area (Å²) >= 11 is 0. The summed E-state index contributed by atoms with van der Waals surface area (Å²) in [4.78, 5) is 23.6. The second-order valence-electron chi connectivity index (χ2n) is 5.55. The Morgan fingerprint density at radius 1 is 1.48 bits per heavy atom. The molecule has 0 radical (unpaired) electrons. The van der Waals surface area contributed by atoms with Gasteiger partial charge in [0.2, 0.25) is 5.91 Å². The van der Waals surface area contributed by atoms with Gasteiger partial charge in [0.1, 0.15) is 0 Å². The molecule has 1 saturated heterocycles. The molecule has 0 aliphatic carbocycles. The van der Waals surface area contributed by atoms with Gasteiger partial charge >= 0.3 is 5.97 Å². The van der Waals surface area contributed by atoms with Gasteiger partial charge in [-0.1, -0.05) is 30.3 Å². The van der Waals surface area contributed by atoms with Gasteiger partial charge in [-0.05, 0) is 12.5 Å². The lowest BCUT2D eigenvalue weighted by atomic mass is 9.84. The van der Waals surface area contributed by atoms with E-state index < -0.39 is 17.3 Å². The first kappa shape index (κ1) is 15.5. The molecule has 1 aliphatic rings. The van der Waals surface area contributed by atoms with E-state index in [0.29, 0.717) is 12.2 Å². The topological polar surface area (TPSA) is 102 Å². The van der Waals surface area contributed by atoms with Crippen LogP contribution in [0.2, 0.25) is 0 Å².